The van der Waals surface area contributed by atoms with E-state index >= 15 is 0 Å². The minimum atomic E-state index is -4.01. The third kappa shape index (κ3) is 3.73. The Morgan fingerprint density at radius 3 is 2.46 bits per heavy atom. The summed E-state index contributed by atoms with van der Waals surface area (Å²) in [6.45, 7) is -0.256. The van der Waals surface area contributed by atoms with E-state index in [-0.39, 0.29) is 18.5 Å². The normalized spacial score (nSPS) is 17.9. The fraction of sp³-hybridized carbons (Fsp3) is 0.857. The maximum atomic E-state index is 11.0. The Bertz CT molecular complexity index is 277. The van der Waals surface area contributed by atoms with E-state index in [0.29, 0.717) is 0 Å². The summed E-state index contributed by atoms with van der Waals surface area (Å²) in [5.41, 5.74) is 0. The first-order chi connectivity index (χ1) is 5.99. The maximum absolute atomic E-state index is 11.0. The van der Waals surface area contributed by atoms with Gasteiger partial charge in [0.05, 0.1) is 5.92 Å². The van der Waals surface area contributed by atoms with Crippen molar-refractivity contribution in [1.82, 2.24) is 0 Å². The molecule has 1 N–H and O–H groups in total. The molecule has 13 heavy (non-hydrogen) atoms. The Morgan fingerprint density at radius 2 is 2.08 bits per heavy atom. The van der Waals surface area contributed by atoms with Gasteiger partial charge in [0.15, 0.2) is 0 Å². The zero-order valence-electron chi connectivity index (χ0n) is 7.10. The van der Waals surface area contributed by atoms with Crippen LogP contribution in [-0.2, 0) is 19.6 Å². The Hall–Kier alpha value is -0.620. The van der Waals surface area contributed by atoms with Crippen LogP contribution in [-0.4, -0.2) is 31.3 Å². The van der Waals surface area contributed by atoms with E-state index in [0.717, 1.165) is 19.3 Å². The van der Waals surface area contributed by atoms with Gasteiger partial charge in [-0.2, -0.15) is 8.42 Å². The van der Waals surface area contributed by atoms with Gasteiger partial charge in [0.2, 0.25) is 0 Å². The highest BCUT2D eigenvalue weighted by molar-refractivity contribution is 7.85. The molecule has 1 aliphatic carbocycles. The Kier molecular flexibility index (Phi) is 3.27. The van der Waals surface area contributed by atoms with Crippen LogP contribution in [0.4, 0.5) is 0 Å². The molecule has 0 spiro atoms. The van der Waals surface area contributed by atoms with Gasteiger partial charge in [0.1, 0.15) is 12.4 Å². The summed E-state index contributed by atoms with van der Waals surface area (Å²) in [5, 5.41) is 0. The molecule has 0 unspecified atom stereocenters. The second-order valence-corrected chi connectivity index (χ2v) is 4.65. The fourth-order valence-electron chi connectivity index (χ4n) is 1.01. The van der Waals surface area contributed by atoms with Crippen molar-refractivity contribution >= 4 is 16.1 Å². The molecule has 0 radical (unpaired) electrons. The first-order valence-corrected chi connectivity index (χ1v) is 5.72. The number of carbonyl (C=O) groups is 1. The van der Waals surface area contributed by atoms with E-state index in [9.17, 15) is 13.2 Å². The second kappa shape index (κ2) is 4.06. The summed E-state index contributed by atoms with van der Waals surface area (Å²) >= 11 is 0. The van der Waals surface area contributed by atoms with Crippen LogP contribution in [0.2, 0.25) is 0 Å². The van der Waals surface area contributed by atoms with Gasteiger partial charge in [-0.15, -0.1) is 0 Å². The first kappa shape index (κ1) is 10.5. The van der Waals surface area contributed by atoms with E-state index in [2.05, 4.69) is 4.74 Å². The van der Waals surface area contributed by atoms with Crippen LogP contribution in [0.5, 0.6) is 0 Å². The molecule has 0 saturated heterocycles. The van der Waals surface area contributed by atoms with Crippen molar-refractivity contribution in [3.63, 3.8) is 0 Å². The van der Waals surface area contributed by atoms with Crippen molar-refractivity contribution in [1.29, 1.82) is 0 Å². The van der Waals surface area contributed by atoms with Gasteiger partial charge in [-0.3, -0.25) is 9.35 Å². The lowest BCUT2D eigenvalue weighted by atomic mass is 9.86. The lowest BCUT2D eigenvalue weighted by molar-refractivity contribution is -0.150. The molecular weight excluding hydrogens is 196 g/mol. The summed E-state index contributed by atoms with van der Waals surface area (Å²) < 4.78 is 33.4. The van der Waals surface area contributed by atoms with E-state index in [1.165, 1.54) is 0 Å². The molecule has 1 fully saturated rings. The van der Waals surface area contributed by atoms with Gasteiger partial charge < -0.3 is 4.74 Å². The average Bonchev–Trinajstić information content (AvgIpc) is 1.79. The van der Waals surface area contributed by atoms with Crippen LogP contribution in [0.15, 0.2) is 0 Å². The highest BCUT2D eigenvalue weighted by Crippen LogP contribution is 2.27. The number of carbonyl (C=O) groups excluding carboxylic acids is 1. The minimum Gasteiger partial charge on any atom is -0.464 e. The van der Waals surface area contributed by atoms with Crippen LogP contribution in [0.1, 0.15) is 19.3 Å². The van der Waals surface area contributed by atoms with Crippen molar-refractivity contribution in [2.75, 3.05) is 12.4 Å². The number of hydrogen-bond donors (Lipinski definition) is 1. The van der Waals surface area contributed by atoms with Crippen molar-refractivity contribution in [2.24, 2.45) is 5.92 Å². The number of esters is 1. The Balaban J connectivity index is 2.15. The molecule has 6 heteroatoms. The molecular formula is C7H12O5S. The van der Waals surface area contributed by atoms with E-state index in [4.69, 9.17) is 4.55 Å². The summed E-state index contributed by atoms with van der Waals surface area (Å²) in [7, 11) is -4.01. The molecule has 1 aliphatic rings. The highest BCUT2D eigenvalue weighted by Gasteiger charge is 2.26. The fourth-order valence-corrected chi connectivity index (χ4v) is 1.30. The smallest absolute Gasteiger partial charge is 0.308 e. The SMILES string of the molecule is O=C(OCCS(=O)(=O)O)C1CCC1. The molecule has 0 bridgehead atoms. The van der Waals surface area contributed by atoms with Crippen molar-refractivity contribution in [2.45, 2.75) is 19.3 Å². The lowest BCUT2D eigenvalue weighted by Crippen LogP contribution is -2.26. The quantitative estimate of drug-likeness (QED) is 0.528. The predicted molar refractivity (Wildman–Crippen MR) is 44.7 cm³/mol. The maximum Gasteiger partial charge on any atom is 0.308 e. The molecule has 0 atom stereocenters. The average molecular weight is 208 g/mol. The monoisotopic (exact) mass is 208 g/mol. The molecule has 0 amide bonds. The van der Waals surface area contributed by atoms with Gasteiger partial charge in [-0.1, -0.05) is 6.42 Å². The van der Waals surface area contributed by atoms with Crippen molar-refractivity contribution in [3.8, 4) is 0 Å². The van der Waals surface area contributed by atoms with Crippen LogP contribution in [0, 0.1) is 5.92 Å². The molecule has 0 aromatic heterocycles. The predicted octanol–water partition coefficient (Wildman–Crippen LogP) is 0.218. The van der Waals surface area contributed by atoms with Crippen LogP contribution >= 0.6 is 0 Å². The van der Waals surface area contributed by atoms with E-state index in [1.807, 2.05) is 0 Å². The van der Waals surface area contributed by atoms with Gasteiger partial charge in [-0.25, -0.2) is 0 Å². The third-order valence-electron chi connectivity index (χ3n) is 2.02. The molecule has 0 heterocycles. The number of hydrogen-bond acceptors (Lipinski definition) is 4. The van der Waals surface area contributed by atoms with E-state index < -0.39 is 15.9 Å². The second-order valence-electron chi connectivity index (χ2n) is 3.08. The number of ether oxygens (including phenoxy) is 1. The van der Waals surface area contributed by atoms with Crippen molar-refractivity contribution in [3.05, 3.63) is 0 Å². The summed E-state index contributed by atoms with van der Waals surface area (Å²) in [6, 6.07) is 0. The van der Waals surface area contributed by atoms with Gasteiger partial charge in [0.25, 0.3) is 10.1 Å². The van der Waals surface area contributed by atoms with E-state index in [1.54, 1.807) is 0 Å². The van der Waals surface area contributed by atoms with Crippen LogP contribution < -0.4 is 0 Å². The first-order valence-electron chi connectivity index (χ1n) is 4.11. The Morgan fingerprint density at radius 1 is 1.46 bits per heavy atom. The number of rotatable bonds is 4. The molecule has 0 aliphatic heterocycles. The third-order valence-corrected chi connectivity index (χ3v) is 2.71. The molecule has 0 aromatic carbocycles. The topological polar surface area (TPSA) is 80.7 Å². The van der Waals surface area contributed by atoms with Gasteiger partial charge >= 0.3 is 5.97 Å². The molecule has 76 valence electrons. The zero-order valence-corrected chi connectivity index (χ0v) is 7.92. The molecule has 5 nitrogen and oxygen atoms in total. The molecule has 1 rings (SSSR count). The zero-order chi connectivity index (χ0) is 9.90. The largest absolute Gasteiger partial charge is 0.464 e. The summed E-state index contributed by atoms with van der Waals surface area (Å²) in [5.74, 6) is -0.929. The van der Waals surface area contributed by atoms with Crippen LogP contribution in [0.3, 0.4) is 0 Å². The van der Waals surface area contributed by atoms with Crippen molar-refractivity contribution < 1.29 is 22.5 Å². The lowest BCUT2D eigenvalue weighted by Gasteiger charge is -2.22. The molecule has 0 aromatic rings. The summed E-state index contributed by atoms with van der Waals surface area (Å²) in [4.78, 5) is 11.0. The minimum absolute atomic E-state index is 0.0543. The Labute approximate surface area is 76.8 Å². The van der Waals surface area contributed by atoms with Gasteiger partial charge in [0, 0.05) is 0 Å². The van der Waals surface area contributed by atoms with Gasteiger partial charge in [-0.05, 0) is 12.8 Å². The molecule has 1 saturated carbocycles. The van der Waals surface area contributed by atoms with Crippen LogP contribution in [0.25, 0.3) is 0 Å². The standard InChI is InChI=1S/C7H12O5S/c8-7(6-2-1-3-6)12-4-5-13(9,10)11/h6H,1-5H2,(H,9,10,11). The highest BCUT2D eigenvalue weighted by atomic mass is 32.2. The summed E-state index contributed by atoms with van der Waals surface area (Å²) in [6.07, 6.45) is 2.67.